The van der Waals surface area contributed by atoms with E-state index in [1.807, 2.05) is 11.8 Å². The standard InChI is InChI=1S/C7H16N2S/c8-3-7(4-9)6-1-2-10-5-6/h6-7H,1-5,8-9H2. The number of thioether (sulfide) groups is 1. The van der Waals surface area contributed by atoms with Gasteiger partial charge in [-0.25, -0.2) is 0 Å². The Morgan fingerprint density at radius 1 is 1.40 bits per heavy atom. The van der Waals surface area contributed by atoms with Gasteiger partial charge in [0, 0.05) is 0 Å². The number of hydrogen-bond donors (Lipinski definition) is 2. The Balaban J connectivity index is 2.29. The van der Waals surface area contributed by atoms with Gasteiger partial charge in [-0.05, 0) is 42.9 Å². The molecule has 10 heavy (non-hydrogen) atoms. The predicted molar refractivity (Wildman–Crippen MR) is 47.0 cm³/mol. The summed E-state index contributed by atoms with van der Waals surface area (Å²) in [6.45, 7) is 1.53. The lowest BCUT2D eigenvalue weighted by Gasteiger charge is -2.18. The maximum atomic E-state index is 5.57. The smallest absolute Gasteiger partial charge is 0.00338 e. The summed E-state index contributed by atoms with van der Waals surface area (Å²) >= 11 is 2.03. The molecule has 0 amide bonds. The Kier molecular flexibility index (Phi) is 3.52. The van der Waals surface area contributed by atoms with Crippen LogP contribution >= 0.6 is 11.8 Å². The minimum atomic E-state index is 0.579. The molecule has 1 fully saturated rings. The fourth-order valence-corrected chi connectivity index (χ4v) is 2.78. The van der Waals surface area contributed by atoms with Crippen LogP contribution in [0.5, 0.6) is 0 Å². The molecule has 3 heteroatoms. The molecule has 2 nitrogen and oxygen atoms in total. The fraction of sp³-hybridized carbons (Fsp3) is 1.00. The summed E-state index contributed by atoms with van der Waals surface area (Å²) in [7, 11) is 0. The van der Waals surface area contributed by atoms with Crippen molar-refractivity contribution in [3.8, 4) is 0 Å². The maximum absolute atomic E-state index is 5.57. The second-order valence-electron chi connectivity index (χ2n) is 2.86. The van der Waals surface area contributed by atoms with E-state index in [-0.39, 0.29) is 0 Å². The molecule has 0 aromatic rings. The van der Waals surface area contributed by atoms with Crippen molar-refractivity contribution in [1.82, 2.24) is 0 Å². The Morgan fingerprint density at radius 3 is 2.50 bits per heavy atom. The van der Waals surface area contributed by atoms with Crippen molar-refractivity contribution < 1.29 is 0 Å². The largest absolute Gasteiger partial charge is 0.330 e. The van der Waals surface area contributed by atoms with Crippen LogP contribution < -0.4 is 11.5 Å². The molecule has 1 aliphatic rings. The molecule has 1 rings (SSSR count). The first-order valence-corrected chi connectivity index (χ1v) is 5.01. The SMILES string of the molecule is NCC(CN)C1CCSC1. The van der Waals surface area contributed by atoms with E-state index in [0.29, 0.717) is 5.92 Å². The van der Waals surface area contributed by atoms with E-state index in [0.717, 1.165) is 19.0 Å². The number of hydrogen-bond acceptors (Lipinski definition) is 3. The zero-order chi connectivity index (χ0) is 7.40. The van der Waals surface area contributed by atoms with Crippen molar-refractivity contribution in [2.75, 3.05) is 24.6 Å². The zero-order valence-electron chi connectivity index (χ0n) is 6.25. The van der Waals surface area contributed by atoms with E-state index in [1.54, 1.807) is 0 Å². The average Bonchev–Trinajstić information content (AvgIpc) is 2.43. The van der Waals surface area contributed by atoms with Crippen LogP contribution in [0.25, 0.3) is 0 Å². The Morgan fingerprint density at radius 2 is 2.10 bits per heavy atom. The van der Waals surface area contributed by atoms with Gasteiger partial charge in [-0.2, -0.15) is 11.8 Å². The summed E-state index contributed by atoms with van der Waals surface area (Å²) in [5.41, 5.74) is 11.1. The third kappa shape index (κ3) is 1.87. The van der Waals surface area contributed by atoms with E-state index in [4.69, 9.17) is 11.5 Å². The van der Waals surface area contributed by atoms with E-state index in [1.165, 1.54) is 17.9 Å². The van der Waals surface area contributed by atoms with E-state index < -0.39 is 0 Å². The highest BCUT2D eigenvalue weighted by Gasteiger charge is 2.22. The van der Waals surface area contributed by atoms with Gasteiger partial charge < -0.3 is 11.5 Å². The van der Waals surface area contributed by atoms with Crippen molar-refractivity contribution in [1.29, 1.82) is 0 Å². The van der Waals surface area contributed by atoms with Crippen LogP contribution in [0, 0.1) is 11.8 Å². The van der Waals surface area contributed by atoms with Gasteiger partial charge in [0.05, 0.1) is 0 Å². The monoisotopic (exact) mass is 160 g/mol. The second-order valence-corrected chi connectivity index (χ2v) is 4.00. The highest BCUT2D eigenvalue weighted by molar-refractivity contribution is 7.99. The summed E-state index contributed by atoms with van der Waals surface area (Å²) in [4.78, 5) is 0. The summed E-state index contributed by atoms with van der Waals surface area (Å²) in [6.07, 6.45) is 1.32. The minimum absolute atomic E-state index is 0.579. The van der Waals surface area contributed by atoms with Crippen molar-refractivity contribution >= 4 is 11.8 Å². The third-order valence-electron chi connectivity index (χ3n) is 2.24. The normalized spacial score (nSPS) is 26.1. The predicted octanol–water partition coefficient (Wildman–Crippen LogP) is 0.273. The summed E-state index contributed by atoms with van der Waals surface area (Å²) in [5, 5.41) is 0. The van der Waals surface area contributed by atoms with Crippen molar-refractivity contribution in [2.45, 2.75) is 6.42 Å². The summed E-state index contributed by atoms with van der Waals surface area (Å²) in [6, 6.07) is 0. The van der Waals surface area contributed by atoms with Crippen LogP contribution in [0.1, 0.15) is 6.42 Å². The minimum Gasteiger partial charge on any atom is -0.330 e. The molecule has 0 bridgehead atoms. The molecule has 0 aromatic carbocycles. The summed E-state index contributed by atoms with van der Waals surface area (Å²) < 4.78 is 0. The highest BCUT2D eigenvalue weighted by atomic mass is 32.2. The van der Waals surface area contributed by atoms with Gasteiger partial charge >= 0.3 is 0 Å². The van der Waals surface area contributed by atoms with Gasteiger partial charge in [-0.3, -0.25) is 0 Å². The summed E-state index contributed by atoms with van der Waals surface area (Å²) in [5.74, 6) is 3.97. The molecule has 0 radical (unpaired) electrons. The van der Waals surface area contributed by atoms with E-state index in [9.17, 15) is 0 Å². The second kappa shape index (κ2) is 4.21. The molecule has 1 aliphatic heterocycles. The van der Waals surface area contributed by atoms with Gasteiger partial charge in [0.1, 0.15) is 0 Å². The molecule has 0 saturated carbocycles. The molecule has 60 valence electrons. The highest BCUT2D eigenvalue weighted by Crippen LogP contribution is 2.28. The lowest BCUT2D eigenvalue weighted by molar-refractivity contribution is 0.383. The Hall–Kier alpha value is 0.270. The van der Waals surface area contributed by atoms with Crippen LogP contribution in [0.3, 0.4) is 0 Å². The zero-order valence-corrected chi connectivity index (χ0v) is 7.07. The van der Waals surface area contributed by atoms with Gasteiger partial charge in [0.25, 0.3) is 0 Å². The van der Waals surface area contributed by atoms with Gasteiger partial charge in [0.2, 0.25) is 0 Å². The lowest BCUT2D eigenvalue weighted by Crippen LogP contribution is -2.30. The maximum Gasteiger partial charge on any atom is -0.00338 e. The first-order chi connectivity index (χ1) is 4.88. The first-order valence-electron chi connectivity index (χ1n) is 3.86. The lowest BCUT2D eigenvalue weighted by atomic mass is 9.92. The quantitative estimate of drug-likeness (QED) is 0.623. The molecular formula is C7H16N2S. The van der Waals surface area contributed by atoms with E-state index >= 15 is 0 Å². The molecule has 1 atom stereocenters. The van der Waals surface area contributed by atoms with Crippen molar-refractivity contribution in [2.24, 2.45) is 23.3 Å². The topological polar surface area (TPSA) is 52.0 Å². The average molecular weight is 160 g/mol. The van der Waals surface area contributed by atoms with E-state index in [2.05, 4.69) is 0 Å². The van der Waals surface area contributed by atoms with Crippen LogP contribution in [-0.4, -0.2) is 24.6 Å². The van der Waals surface area contributed by atoms with Gasteiger partial charge in [0.15, 0.2) is 0 Å². The van der Waals surface area contributed by atoms with Crippen LogP contribution in [-0.2, 0) is 0 Å². The molecular weight excluding hydrogens is 144 g/mol. The van der Waals surface area contributed by atoms with Crippen LogP contribution in [0.2, 0.25) is 0 Å². The molecule has 0 aromatic heterocycles. The van der Waals surface area contributed by atoms with Gasteiger partial charge in [-0.15, -0.1) is 0 Å². The number of nitrogens with two attached hydrogens (primary N) is 2. The fourth-order valence-electron chi connectivity index (χ4n) is 1.41. The van der Waals surface area contributed by atoms with Crippen molar-refractivity contribution in [3.63, 3.8) is 0 Å². The Labute approximate surface area is 66.7 Å². The van der Waals surface area contributed by atoms with Crippen LogP contribution in [0.15, 0.2) is 0 Å². The molecule has 0 aliphatic carbocycles. The molecule has 4 N–H and O–H groups in total. The molecule has 1 heterocycles. The third-order valence-corrected chi connectivity index (χ3v) is 3.43. The first kappa shape index (κ1) is 8.37. The van der Waals surface area contributed by atoms with Crippen LogP contribution in [0.4, 0.5) is 0 Å². The molecule has 1 saturated heterocycles. The molecule has 1 unspecified atom stereocenters. The van der Waals surface area contributed by atoms with Crippen molar-refractivity contribution in [3.05, 3.63) is 0 Å². The Bertz CT molecular complexity index is 87.6. The molecule has 0 spiro atoms. The number of rotatable bonds is 3. The van der Waals surface area contributed by atoms with Gasteiger partial charge in [-0.1, -0.05) is 0 Å².